The van der Waals surface area contributed by atoms with E-state index in [-0.39, 0.29) is 5.97 Å². The summed E-state index contributed by atoms with van der Waals surface area (Å²) in [6, 6.07) is 5.42. The molecule has 0 unspecified atom stereocenters. The molecule has 0 saturated carbocycles. The Hall–Kier alpha value is -1.20. The number of carbonyl (C=O) groups excluding carboxylic acids is 1. The number of hydrazine groups is 1. The summed E-state index contributed by atoms with van der Waals surface area (Å²) in [5.41, 5.74) is 3.52. The molecule has 0 aromatic heterocycles. The summed E-state index contributed by atoms with van der Waals surface area (Å²) in [5, 5.41) is 0. The molecule has 0 amide bonds. The van der Waals surface area contributed by atoms with Gasteiger partial charge in [0.1, 0.15) is 0 Å². The molecular weight excluding hydrogens is 212 g/mol. The van der Waals surface area contributed by atoms with Crippen LogP contribution in [0.1, 0.15) is 17.3 Å². The third kappa shape index (κ3) is 2.87. The molecule has 0 heterocycles. The number of hydrogen-bond donors (Lipinski definition) is 2. The summed E-state index contributed by atoms with van der Waals surface area (Å²) in [6.45, 7) is 2.12. The number of nitrogens with one attached hydrogen (secondary N) is 1. The third-order valence-corrected chi connectivity index (χ3v) is 2.60. The zero-order valence-corrected chi connectivity index (χ0v) is 9.56. The topological polar surface area (TPSA) is 64.3 Å². The summed E-state index contributed by atoms with van der Waals surface area (Å²) >= 11 is 1.56. The molecule has 3 N–H and O–H groups in total. The molecule has 1 aromatic rings. The highest BCUT2D eigenvalue weighted by atomic mass is 32.2. The van der Waals surface area contributed by atoms with Crippen molar-refractivity contribution in [3.05, 3.63) is 23.8 Å². The molecule has 0 fully saturated rings. The maximum Gasteiger partial charge on any atom is 0.340 e. The van der Waals surface area contributed by atoms with E-state index < -0.39 is 0 Å². The van der Waals surface area contributed by atoms with Crippen molar-refractivity contribution in [2.45, 2.75) is 11.8 Å². The van der Waals surface area contributed by atoms with E-state index >= 15 is 0 Å². The largest absolute Gasteiger partial charge is 0.462 e. The van der Waals surface area contributed by atoms with E-state index in [1.165, 1.54) is 0 Å². The molecule has 0 radical (unpaired) electrons. The predicted octanol–water partition coefficient (Wildman–Crippen LogP) is 1.87. The molecule has 0 atom stereocenters. The van der Waals surface area contributed by atoms with Crippen molar-refractivity contribution >= 4 is 23.4 Å². The smallest absolute Gasteiger partial charge is 0.340 e. The van der Waals surface area contributed by atoms with Gasteiger partial charge < -0.3 is 10.2 Å². The molecule has 0 spiro atoms. The minimum atomic E-state index is -0.360. The quantitative estimate of drug-likeness (QED) is 0.355. The lowest BCUT2D eigenvalue weighted by Crippen LogP contribution is -2.13. The summed E-state index contributed by atoms with van der Waals surface area (Å²) in [5.74, 6) is 4.95. The molecule has 0 saturated heterocycles. The van der Waals surface area contributed by atoms with Crippen LogP contribution in [0.5, 0.6) is 0 Å². The van der Waals surface area contributed by atoms with Gasteiger partial charge in [0.2, 0.25) is 0 Å². The van der Waals surface area contributed by atoms with E-state index in [1.807, 2.05) is 12.3 Å². The summed E-state index contributed by atoms with van der Waals surface area (Å²) in [7, 11) is 0. The number of benzene rings is 1. The number of thioether (sulfide) groups is 1. The van der Waals surface area contributed by atoms with Crippen LogP contribution in [0.15, 0.2) is 23.1 Å². The molecule has 4 nitrogen and oxygen atoms in total. The first-order valence-electron chi connectivity index (χ1n) is 4.54. The van der Waals surface area contributed by atoms with Gasteiger partial charge in [-0.25, -0.2) is 4.79 Å². The van der Waals surface area contributed by atoms with Gasteiger partial charge in [-0.15, -0.1) is 11.8 Å². The Morgan fingerprint density at radius 3 is 2.87 bits per heavy atom. The van der Waals surface area contributed by atoms with Crippen molar-refractivity contribution in [2.24, 2.45) is 5.84 Å². The van der Waals surface area contributed by atoms with Crippen molar-refractivity contribution in [2.75, 3.05) is 18.3 Å². The Bertz CT molecular complexity index is 355. The average molecular weight is 226 g/mol. The number of hydrogen-bond acceptors (Lipinski definition) is 5. The third-order valence-electron chi connectivity index (χ3n) is 1.88. The van der Waals surface area contributed by atoms with Gasteiger partial charge >= 0.3 is 5.97 Å². The van der Waals surface area contributed by atoms with E-state index in [9.17, 15) is 4.79 Å². The van der Waals surface area contributed by atoms with Gasteiger partial charge in [-0.05, 0) is 31.4 Å². The molecule has 1 aromatic carbocycles. The summed E-state index contributed by atoms with van der Waals surface area (Å²) in [4.78, 5) is 12.6. The lowest BCUT2D eigenvalue weighted by molar-refractivity contribution is 0.0527. The van der Waals surface area contributed by atoms with Gasteiger partial charge in [-0.1, -0.05) is 0 Å². The summed E-state index contributed by atoms with van der Waals surface area (Å²) < 4.78 is 4.93. The number of nitrogens with two attached hydrogens (primary N) is 1. The molecule has 5 heteroatoms. The SMILES string of the molecule is CCOC(=O)c1cc(SC)ccc1NN. The highest BCUT2D eigenvalue weighted by Gasteiger charge is 2.12. The zero-order chi connectivity index (χ0) is 11.3. The number of anilines is 1. The molecule has 15 heavy (non-hydrogen) atoms. The zero-order valence-electron chi connectivity index (χ0n) is 8.74. The first-order valence-corrected chi connectivity index (χ1v) is 5.77. The molecule has 1 rings (SSSR count). The number of nitrogen functional groups attached to an aromatic ring is 1. The van der Waals surface area contributed by atoms with Gasteiger partial charge in [-0.2, -0.15) is 0 Å². The van der Waals surface area contributed by atoms with E-state index in [1.54, 1.807) is 30.8 Å². The minimum absolute atomic E-state index is 0.354. The van der Waals surface area contributed by atoms with E-state index in [0.717, 1.165) is 4.90 Å². The number of ether oxygens (including phenoxy) is 1. The molecule has 0 aliphatic rings. The highest BCUT2D eigenvalue weighted by Crippen LogP contribution is 2.23. The second-order valence-corrected chi connectivity index (χ2v) is 3.66. The average Bonchev–Trinajstić information content (AvgIpc) is 2.28. The number of rotatable bonds is 4. The fourth-order valence-electron chi connectivity index (χ4n) is 1.15. The standard InChI is InChI=1S/C10H14N2O2S/c1-3-14-10(13)8-6-7(15-2)4-5-9(8)12-11/h4-6,12H,3,11H2,1-2H3. The second-order valence-electron chi connectivity index (χ2n) is 2.78. The maximum absolute atomic E-state index is 11.6. The van der Waals surface area contributed by atoms with Crippen molar-refractivity contribution in [3.63, 3.8) is 0 Å². The first-order chi connectivity index (χ1) is 7.22. The number of carbonyl (C=O) groups is 1. The van der Waals surface area contributed by atoms with Crippen LogP contribution in [0.25, 0.3) is 0 Å². The van der Waals surface area contributed by atoms with Gasteiger partial charge in [0.25, 0.3) is 0 Å². The van der Waals surface area contributed by atoms with Crippen LogP contribution in [0.4, 0.5) is 5.69 Å². The van der Waals surface area contributed by atoms with Gasteiger partial charge in [0, 0.05) is 4.90 Å². The Labute approximate surface area is 93.1 Å². The second kappa shape index (κ2) is 5.63. The van der Waals surface area contributed by atoms with E-state index in [2.05, 4.69) is 5.43 Å². The van der Waals surface area contributed by atoms with Crippen LogP contribution >= 0.6 is 11.8 Å². The summed E-state index contributed by atoms with van der Waals surface area (Å²) in [6.07, 6.45) is 1.94. The highest BCUT2D eigenvalue weighted by molar-refractivity contribution is 7.98. The normalized spacial score (nSPS) is 9.80. The van der Waals surface area contributed by atoms with Crippen molar-refractivity contribution in [3.8, 4) is 0 Å². The monoisotopic (exact) mass is 226 g/mol. The van der Waals surface area contributed by atoms with Crippen LogP contribution in [0, 0.1) is 0 Å². The van der Waals surface area contributed by atoms with Crippen LogP contribution in [-0.2, 0) is 4.74 Å². The van der Waals surface area contributed by atoms with Crippen molar-refractivity contribution in [1.82, 2.24) is 0 Å². The fraction of sp³-hybridized carbons (Fsp3) is 0.300. The lowest BCUT2D eigenvalue weighted by Gasteiger charge is -2.09. The molecule has 82 valence electrons. The van der Waals surface area contributed by atoms with Crippen LogP contribution in [0.3, 0.4) is 0 Å². The Morgan fingerprint density at radius 2 is 2.33 bits per heavy atom. The maximum atomic E-state index is 11.6. The predicted molar refractivity (Wildman–Crippen MR) is 62.0 cm³/mol. The molecule has 0 bridgehead atoms. The molecule has 0 aliphatic carbocycles. The molecule has 0 aliphatic heterocycles. The van der Waals surface area contributed by atoms with Gasteiger partial charge in [0.05, 0.1) is 17.9 Å². The van der Waals surface area contributed by atoms with Crippen LogP contribution in [-0.4, -0.2) is 18.8 Å². The van der Waals surface area contributed by atoms with E-state index in [4.69, 9.17) is 10.6 Å². The van der Waals surface area contributed by atoms with Crippen LogP contribution < -0.4 is 11.3 Å². The van der Waals surface area contributed by atoms with Crippen molar-refractivity contribution in [1.29, 1.82) is 0 Å². The van der Waals surface area contributed by atoms with E-state index in [0.29, 0.717) is 17.9 Å². The molecular formula is C10H14N2O2S. The number of esters is 1. The Kier molecular flexibility index (Phi) is 4.45. The fourth-order valence-corrected chi connectivity index (χ4v) is 1.59. The Balaban J connectivity index is 3.05. The lowest BCUT2D eigenvalue weighted by atomic mass is 10.2. The Morgan fingerprint density at radius 1 is 1.60 bits per heavy atom. The van der Waals surface area contributed by atoms with Crippen molar-refractivity contribution < 1.29 is 9.53 Å². The van der Waals surface area contributed by atoms with Gasteiger partial charge in [0.15, 0.2) is 0 Å². The van der Waals surface area contributed by atoms with Gasteiger partial charge in [-0.3, -0.25) is 5.84 Å². The minimum Gasteiger partial charge on any atom is -0.462 e. The first kappa shape index (κ1) is 11.9. The van der Waals surface area contributed by atoms with Crippen LogP contribution in [0.2, 0.25) is 0 Å².